The van der Waals surface area contributed by atoms with Crippen molar-refractivity contribution in [1.82, 2.24) is 5.32 Å². The Labute approximate surface area is 143 Å². The van der Waals surface area contributed by atoms with E-state index in [1.165, 1.54) is 6.42 Å². The summed E-state index contributed by atoms with van der Waals surface area (Å²) in [4.78, 5) is 23.7. The lowest BCUT2D eigenvalue weighted by Crippen LogP contribution is -2.42. The van der Waals surface area contributed by atoms with Crippen molar-refractivity contribution >= 4 is 11.9 Å². The fraction of sp³-hybridized carbons (Fsp3) is 0.579. The predicted molar refractivity (Wildman–Crippen MR) is 91.8 cm³/mol. The maximum absolute atomic E-state index is 11.9. The van der Waals surface area contributed by atoms with Crippen molar-refractivity contribution in [2.45, 2.75) is 51.5 Å². The van der Waals surface area contributed by atoms with Gasteiger partial charge in [-0.1, -0.05) is 31.9 Å². The Hall–Kier alpha value is -2.04. The SMILES string of the molecule is COc1ccc(CCC(=O)OCC(=O)N[C@H]2CCCC[C@H]2C)cc1. The normalized spacial score (nSPS) is 20.2. The minimum atomic E-state index is -0.349. The van der Waals surface area contributed by atoms with Crippen LogP contribution in [0.1, 0.15) is 44.6 Å². The monoisotopic (exact) mass is 333 g/mol. The first-order chi connectivity index (χ1) is 11.6. The molecule has 1 aliphatic rings. The molecule has 2 atom stereocenters. The van der Waals surface area contributed by atoms with E-state index in [0.717, 1.165) is 30.6 Å². The van der Waals surface area contributed by atoms with Gasteiger partial charge in [-0.15, -0.1) is 0 Å². The highest BCUT2D eigenvalue weighted by Gasteiger charge is 2.23. The van der Waals surface area contributed by atoms with Crippen LogP contribution in [0.5, 0.6) is 5.75 Å². The van der Waals surface area contributed by atoms with Crippen LogP contribution in [0, 0.1) is 5.92 Å². The highest BCUT2D eigenvalue weighted by Crippen LogP contribution is 2.23. The average molecular weight is 333 g/mol. The fourth-order valence-corrected chi connectivity index (χ4v) is 3.04. The number of amides is 1. The van der Waals surface area contributed by atoms with Crippen molar-refractivity contribution in [3.8, 4) is 5.75 Å². The summed E-state index contributed by atoms with van der Waals surface area (Å²) in [5, 5.41) is 2.98. The van der Waals surface area contributed by atoms with Gasteiger partial charge in [0.2, 0.25) is 0 Å². The van der Waals surface area contributed by atoms with E-state index in [0.29, 0.717) is 12.3 Å². The Morgan fingerprint density at radius 2 is 1.88 bits per heavy atom. The molecule has 0 spiro atoms. The summed E-state index contributed by atoms with van der Waals surface area (Å²) in [5.74, 6) is 0.729. The van der Waals surface area contributed by atoms with Gasteiger partial charge in [0, 0.05) is 12.5 Å². The average Bonchev–Trinajstić information content (AvgIpc) is 2.60. The minimum absolute atomic E-state index is 0.190. The van der Waals surface area contributed by atoms with Crippen LogP contribution >= 0.6 is 0 Å². The summed E-state index contributed by atoms with van der Waals surface area (Å²) in [6.45, 7) is 1.97. The second-order valence-corrected chi connectivity index (χ2v) is 6.44. The van der Waals surface area contributed by atoms with Gasteiger partial charge < -0.3 is 14.8 Å². The summed E-state index contributed by atoms with van der Waals surface area (Å²) in [6, 6.07) is 7.77. The number of hydrogen-bond donors (Lipinski definition) is 1. The van der Waals surface area contributed by atoms with Gasteiger partial charge in [0.1, 0.15) is 5.75 Å². The van der Waals surface area contributed by atoms with Gasteiger partial charge in [-0.05, 0) is 42.9 Å². The number of hydrogen-bond acceptors (Lipinski definition) is 4. The van der Waals surface area contributed by atoms with E-state index in [2.05, 4.69) is 12.2 Å². The zero-order chi connectivity index (χ0) is 17.4. The highest BCUT2D eigenvalue weighted by atomic mass is 16.5. The van der Waals surface area contributed by atoms with Crippen molar-refractivity contribution in [1.29, 1.82) is 0 Å². The molecule has 1 saturated carbocycles. The van der Waals surface area contributed by atoms with Gasteiger partial charge in [-0.3, -0.25) is 9.59 Å². The van der Waals surface area contributed by atoms with Crippen molar-refractivity contribution < 1.29 is 19.1 Å². The van der Waals surface area contributed by atoms with Crippen LogP contribution in [0.3, 0.4) is 0 Å². The molecule has 2 rings (SSSR count). The third kappa shape index (κ3) is 5.87. The molecule has 0 saturated heterocycles. The van der Waals surface area contributed by atoms with Gasteiger partial charge >= 0.3 is 5.97 Å². The Kier molecular flexibility index (Phi) is 7.09. The van der Waals surface area contributed by atoms with Gasteiger partial charge in [-0.2, -0.15) is 0 Å². The number of rotatable bonds is 7. The fourth-order valence-electron chi connectivity index (χ4n) is 3.04. The van der Waals surface area contributed by atoms with Crippen LogP contribution in [0.15, 0.2) is 24.3 Å². The van der Waals surface area contributed by atoms with Crippen molar-refractivity contribution in [3.05, 3.63) is 29.8 Å². The molecule has 1 aliphatic carbocycles. The Balaban J connectivity index is 1.65. The first-order valence-electron chi connectivity index (χ1n) is 8.66. The summed E-state index contributed by atoms with van der Waals surface area (Å²) < 4.78 is 10.2. The van der Waals surface area contributed by atoms with E-state index < -0.39 is 0 Å². The first-order valence-corrected chi connectivity index (χ1v) is 8.66. The van der Waals surface area contributed by atoms with Gasteiger partial charge in [0.25, 0.3) is 5.91 Å². The van der Waals surface area contributed by atoms with Gasteiger partial charge in [-0.25, -0.2) is 0 Å². The standard InChI is InChI=1S/C19H27NO4/c1-14-5-3-4-6-17(14)20-18(21)13-24-19(22)12-9-15-7-10-16(23-2)11-8-15/h7-8,10-11,14,17H,3-6,9,12-13H2,1-2H3,(H,20,21)/t14-,17+/m1/s1. The summed E-state index contributed by atoms with van der Waals surface area (Å²) in [5.41, 5.74) is 1.04. The molecule has 0 aliphatic heterocycles. The molecule has 1 amide bonds. The third-order valence-electron chi connectivity index (χ3n) is 4.60. The molecule has 0 radical (unpaired) electrons. The Morgan fingerprint density at radius 1 is 1.17 bits per heavy atom. The lowest BCUT2D eigenvalue weighted by molar-refractivity contribution is -0.148. The van der Waals surface area contributed by atoms with Gasteiger partial charge in [0.15, 0.2) is 6.61 Å². The molecule has 1 aromatic rings. The molecular formula is C19H27NO4. The number of aryl methyl sites for hydroxylation is 1. The third-order valence-corrected chi connectivity index (χ3v) is 4.60. The molecule has 24 heavy (non-hydrogen) atoms. The van der Waals surface area contributed by atoms with E-state index >= 15 is 0 Å². The smallest absolute Gasteiger partial charge is 0.306 e. The molecule has 5 heteroatoms. The largest absolute Gasteiger partial charge is 0.497 e. The first kappa shape index (κ1) is 18.3. The highest BCUT2D eigenvalue weighted by molar-refractivity contribution is 5.80. The maximum atomic E-state index is 11.9. The van der Waals surface area contributed by atoms with Gasteiger partial charge in [0.05, 0.1) is 7.11 Å². The summed E-state index contributed by atoms with van der Waals surface area (Å²) >= 11 is 0. The van der Waals surface area contributed by atoms with Crippen LogP contribution in [-0.2, 0) is 20.7 Å². The molecule has 132 valence electrons. The Morgan fingerprint density at radius 3 is 2.54 bits per heavy atom. The predicted octanol–water partition coefficient (Wildman–Crippen LogP) is 2.87. The number of ether oxygens (including phenoxy) is 2. The molecule has 0 unspecified atom stereocenters. The maximum Gasteiger partial charge on any atom is 0.306 e. The summed E-state index contributed by atoms with van der Waals surface area (Å²) in [7, 11) is 1.62. The van der Waals surface area contributed by atoms with Crippen LogP contribution in [-0.4, -0.2) is 31.6 Å². The lowest BCUT2D eigenvalue weighted by Gasteiger charge is -2.29. The second kappa shape index (κ2) is 9.30. The summed E-state index contributed by atoms with van der Waals surface area (Å²) in [6.07, 6.45) is 5.39. The number of nitrogens with one attached hydrogen (secondary N) is 1. The molecule has 0 aromatic heterocycles. The number of esters is 1. The molecule has 5 nitrogen and oxygen atoms in total. The second-order valence-electron chi connectivity index (χ2n) is 6.44. The zero-order valence-electron chi connectivity index (χ0n) is 14.5. The molecule has 0 bridgehead atoms. The van der Waals surface area contributed by atoms with E-state index in [4.69, 9.17) is 9.47 Å². The number of carbonyl (C=O) groups excluding carboxylic acids is 2. The van der Waals surface area contributed by atoms with Crippen LogP contribution in [0.4, 0.5) is 0 Å². The van der Waals surface area contributed by atoms with Crippen molar-refractivity contribution in [3.63, 3.8) is 0 Å². The minimum Gasteiger partial charge on any atom is -0.497 e. The van der Waals surface area contributed by atoms with E-state index in [9.17, 15) is 9.59 Å². The topological polar surface area (TPSA) is 64.6 Å². The quantitative estimate of drug-likeness (QED) is 0.779. The Bertz CT molecular complexity index is 541. The van der Waals surface area contributed by atoms with E-state index in [-0.39, 0.29) is 30.9 Å². The lowest BCUT2D eigenvalue weighted by atomic mass is 9.86. The van der Waals surface area contributed by atoms with Crippen molar-refractivity contribution in [2.24, 2.45) is 5.92 Å². The molecule has 0 heterocycles. The van der Waals surface area contributed by atoms with Crippen LogP contribution in [0.2, 0.25) is 0 Å². The number of benzene rings is 1. The van der Waals surface area contributed by atoms with E-state index in [1.807, 2.05) is 24.3 Å². The van der Waals surface area contributed by atoms with Crippen LogP contribution < -0.4 is 10.1 Å². The van der Waals surface area contributed by atoms with E-state index in [1.54, 1.807) is 7.11 Å². The molecule has 1 fully saturated rings. The zero-order valence-corrected chi connectivity index (χ0v) is 14.5. The molecule has 1 aromatic carbocycles. The molecule has 1 N–H and O–H groups in total. The number of methoxy groups -OCH3 is 1. The van der Waals surface area contributed by atoms with Crippen molar-refractivity contribution in [2.75, 3.05) is 13.7 Å². The van der Waals surface area contributed by atoms with Crippen LogP contribution in [0.25, 0.3) is 0 Å². The number of carbonyl (C=O) groups is 2. The molecular weight excluding hydrogens is 306 g/mol.